The highest BCUT2D eigenvalue weighted by Gasteiger charge is 2.30. The van der Waals surface area contributed by atoms with E-state index >= 15 is 0 Å². The predicted molar refractivity (Wildman–Crippen MR) is 103 cm³/mol. The molecular formula is C22H27FN2O2. The van der Waals surface area contributed by atoms with E-state index < -0.39 is 6.10 Å². The minimum atomic E-state index is -0.448. The lowest BCUT2D eigenvalue weighted by atomic mass is 9.87. The molecule has 0 saturated carbocycles. The largest absolute Gasteiger partial charge is 0.388 e. The van der Waals surface area contributed by atoms with Crippen molar-refractivity contribution in [3.8, 4) is 0 Å². The van der Waals surface area contributed by atoms with Crippen molar-refractivity contribution >= 4 is 5.91 Å². The fourth-order valence-electron chi connectivity index (χ4n) is 3.65. The Morgan fingerprint density at radius 1 is 1.15 bits per heavy atom. The van der Waals surface area contributed by atoms with Crippen molar-refractivity contribution in [2.45, 2.75) is 38.5 Å². The minimum absolute atomic E-state index is 0.0265. The number of aliphatic hydroxyl groups is 1. The molecule has 2 aromatic carbocycles. The van der Waals surface area contributed by atoms with Crippen LogP contribution in [-0.4, -0.2) is 35.0 Å². The van der Waals surface area contributed by atoms with E-state index in [1.807, 2.05) is 37.3 Å². The molecule has 1 aliphatic heterocycles. The van der Waals surface area contributed by atoms with Gasteiger partial charge in [0.15, 0.2) is 0 Å². The summed E-state index contributed by atoms with van der Waals surface area (Å²) in [5.74, 6) is -0.0847. The van der Waals surface area contributed by atoms with Gasteiger partial charge in [0.2, 0.25) is 5.91 Å². The van der Waals surface area contributed by atoms with Gasteiger partial charge in [-0.2, -0.15) is 0 Å². The molecule has 0 aliphatic carbocycles. The van der Waals surface area contributed by atoms with Crippen molar-refractivity contribution in [3.05, 3.63) is 71.5 Å². The van der Waals surface area contributed by atoms with Crippen LogP contribution in [0.4, 0.5) is 4.39 Å². The van der Waals surface area contributed by atoms with Crippen molar-refractivity contribution in [3.63, 3.8) is 0 Å². The van der Waals surface area contributed by atoms with Gasteiger partial charge in [0.05, 0.1) is 12.1 Å². The number of aliphatic hydroxyl groups excluding tert-OH is 1. The predicted octanol–water partition coefficient (Wildman–Crippen LogP) is 3.28. The Kier molecular flexibility index (Phi) is 6.58. The van der Waals surface area contributed by atoms with Gasteiger partial charge in [-0.1, -0.05) is 42.5 Å². The van der Waals surface area contributed by atoms with Crippen LogP contribution < -0.4 is 5.32 Å². The lowest BCUT2D eigenvalue weighted by molar-refractivity contribution is -0.126. The molecule has 27 heavy (non-hydrogen) atoms. The van der Waals surface area contributed by atoms with Gasteiger partial charge in [0.25, 0.3) is 0 Å². The number of carbonyl (C=O) groups is 1. The van der Waals surface area contributed by atoms with Crippen LogP contribution in [0.15, 0.2) is 54.6 Å². The first kappa shape index (κ1) is 19.5. The maximum atomic E-state index is 12.9. The Morgan fingerprint density at radius 3 is 2.41 bits per heavy atom. The summed E-state index contributed by atoms with van der Waals surface area (Å²) in [5.41, 5.74) is 1.84. The molecule has 1 saturated heterocycles. The van der Waals surface area contributed by atoms with Crippen LogP contribution >= 0.6 is 0 Å². The Labute approximate surface area is 160 Å². The van der Waals surface area contributed by atoms with Crippen molar-refractivity contribution in [1.29, 1.82) is 0 Å². The van der Waals surface area contributed by atoms with E-state index in [0.29, 0.717) is 6.54 Å². The zero-order valence-electron chi connectivity index (χ0n) is 15.6. The van der Waals surface area contributed by atoms with Crippen LogP contribution in [0, 0.1) is 11.7 Å². The standard InChI is InChI=1S/C22H27FN2O2/c1-16(22(27)24-15-17-7-9-20(23)10-8-17)25-13-11-19(12-14-25)21(26)18-5-3-2-4-6-18/h2-10,16,19,21,26H,11-15H2,1H3,(H,24,27). The number of carbonyl (C=O) groups excluding carboxylic acids is 1. The number of benzene rings is 2. The quantitative estimate of drug-likeness (QED) is 0.821. The lowest BCUT2D eigenvalue weighted by Gasteiger charge is -2.37. The zero-order valence-corrected chi connectivity index (χ0v) is 15.6. The highest BCUT2D eigenvalue weighted by molar-refractivity contribution is 5.81. The second-order valence-corrected chi connectivity index (χ2v) is 7.25. The van der Waals surface area contributed by atoms with E-state index in [9.17, 15) is 14.3 Å². The highest BCUT2D eigenvalue weighted by atomic mass is 19.1. The molecule has 0 aromatic heterocycles. The maximum Gasteiger partial charge on any atom is 0.237 e. The topological polar surface area (TPSA) is 52.6 Å². The van der Waals surface area contributed by atoms with E-state index in [4.69, 9.17) is 0 Å². The molecule has 0 spiro atoms. The molecule has 2 aromatic rings. The number of likely N-dealkylation sites (tertiary alicyclic amines) is 1. The molecule has 5 heteroatoms. The average molecular weight is 370 g/mol. The first-order chi connectivity index (χ1) is 13.0. The molecule has 1 amide bonds. The molecule has 2 unspecified atom stereocenters. The molecule has 0 bridgehead atoms. The number of piperidine rings is 1. The van der Waals surface area contributed by atoms with Crippen LogP contribution in [0.5, 0.6) is 0 Å². The Morgan fingerprint density at radius 2 is 1.78 bits per heavy atom. The van der Waals surface area contributed by atoms with Gasteiger partial charge in [-0.05, 0) is 62.0 Å². The molecule has 2 N–H and O–H groups in total. The normalized spacial score (nSPS) is 18.0. The average Bonchev–Trinajstić information content (AvgIpc) is 2.73. The van der Waals surface area contributed by atoms with E-state index in [-0.39, 0.29) is 23.7 Å². The smallest absolute Gasteiger partial charge is 0.237 e. The number of nitrogens with zero attached hydrogens (tertiary/aromatic N) is 1. The summed E-state index contributed by atoms with van der Waals surface area (Å²) in [7, 11) is 0. The lowest BCUT2D eigenvalue weighted by Crippen LogP contribution is -2.48. The van der Waals surface area contributed by atoms with Crippen molar-refractivity contribution in [2.75, 3.05) is 13.1 Å². The third-order valence-corrected chi connectivity index (χ3v) is 5.47. The number of rotatable bonds is 6. The van der Waals surface area contributed by atoms with Crippen LogP contribution in [-0.2, 0) is 11.3 Å². The maximum absolute atomic E-state index is 12.9. The first-order valence-corrected chi connectivity index (χ1v) is 9.54. The Hall–Kier alpha value is -2.24. The third kappa shape index (κ3) is 5.15. The van der Waals surface area contributed by atoms with Gasteiger partial charge in [0.1, 0.15) is 5.82 Å². The van der Waals surface area contributed by atoms with Gasteiger partial charge < -0.3 is 10.4 Å². The van der Waals surface area contributed by atoms with Gasteiger partial charge in [-0.3, -0.25) is 9.69 Å². The van der Waals surface area contributed by atoms with E-state index in [1.165, 1.54) is 12.1 Å². The van der Waals surface area contributed by atoms with Gasteiger partial charge in [-0.15, -0.1) is 0 Å². The van der Waals surface area contributed by atoms with E-state index in [2.05, 4.69) is 10.2 Å². The molecule has 144 valence electrons. The third-order valence-electron chi connectivity index (χ3n) is 5.47. The van der Waals surface area contributed by atoms with Crippen molar-refractivity contribution in [2.24, 2.45) is 5.92 Å². The molecule has 3 rings (SSSR count). The van der Waals surface area contributed by atoms with E-state index in [1.54, 1.807) is 12.1 Å². The molecular weight excluding hydrogens is 343 g/mol. The number of hydrogen-bond donors (Lipinski definition) is 2. The molecule has 1 aliphatic rings. The fraction of sp³-hybridized carbons (Fsp3) is 0.409. The number of nitrogens with one attached hydrogen (secondary N) is 1. The van der Waals surface area contributed by atoms with Crippen LogP contribution in [0.2, 0.25) is 0 Å². The van der Waals surface area contributed by atoms with E-state index in [0.717, 1.165) is 37.1 Å². The number of amides is 1. The summed E-state index contributed by atoms with van der Waals surface area (Å²) in [4.78, 5) is 14.6. The SMILES string of the molecule is CC(C(=O)NCc1ccc(F)cc1)N1CCC(C(O)c2ccccc2)CC1. The number of halogens is 1. The van der Waals surface area contributed by atoms with Gasteiger partial charge in [-0.25, -0.2) is 4.39 Å². The summed E-state index contributed by atoms with van der Waals surface area (Å²) < 4.78 is 12.9. The van der Waals surface area contributed by atoms with Crippen molar-refractivity contribution in [1.82, 2.24) is 10.2 Å². The fourth-order valence-corrected chi connectivity index (χ4v) is 3.65. The Bertz CT molecular complexity index is 728. The molecule has 1 fully saturated rings. The first-order valence-electron chi connectivity index (χ1n) is 9.54. The monoisotopic (exact) mass is 370 g/mol. The second kappa shape index (κ2) is 9.11. The molecule has 2 atom stereocenters. The van der Waals surface area contributed by atoms with Gasteiger partial charge in [0, 0.05) is 6.54 Å². The Balaban J connectivity index is 1.46. The summed E-state index contributed by atoms with van der Waals surface area (Å²) in [6, 6.07) is 15.7. The summed E-state index contributed by atoms with van der Waals surface area (Å²) >= 11 is 0. The van der Waals surface area contributed by atoms with Crippen LogP contribution in [0.25, 0.3) is 0 Å². The summed E-state index contributed by atoms with van der Waals surface area (Å²) in [5, 5.41) is 13.5. The highest BCUT2D eigenvalue weighted by Crippen LogP contribution is 2.31. The minimum Gasteiger partial charge on any atom is -0.388 e. The molecule has 0 radical (unpaired) electrons. The molecule has 1 heterocycles. The second-order valence-electron chi connectivity index (χ2n) is 7.25. The summed E-state index contributed by atoms with van der Waals surface area (Å²) in [6.07, 6.45) is 1.29. The van der Waals surface area contributed by atoms with Crippen molar-refractivity contribution < 1.29 is 14.3 Å². The zero-order chi connectivity index (χ0) is 19.2. The van der Waals surface area contributed by atoms with Gasteiger partial charge >= 0.3 is 0 Å². The number of hydrogen-bond acceptors (Lipinski definition) is 3. The van der Waals surface area contributed by atoms with Crippen LogP contribution in [0.3, 0.4) is 0 Å². The molecule has 4 nitrogen and oxygen atoms in total. The van der Waals surface area contributed by atoms with Crippen LogP contribution in [0.1, 0.15) is 37.0 Å². The summed E-state index contributed by atoms with van der Waals surface area (Å²) in [6.45, 7) is 3.89.